The Morgan fingerprint density at radius 3 is 1.15 bits per heavy atom. The highest BCUT2D eigenvalue weighted by Crippen LogP contribution is 2.17. The number of hydrogen-bond acceptors (Lipinski definition) is 5. The van der Waals surface area contributed by atoms with E-state index in [9.17, 15) is 19.8 Å². The van der Waals surface area contributed by atoms with Crippen molar-refractivity contribution in [3.8, 4) is 0 Å². The Morgan fingerprint density at radius 2 is 0.735 bits per heavy atom. The molecule has 6 nitrogen and oxygen atoms in total. The lowest BCUT2D eigenvalue weighted by Crippen LogP contribution is -2.45. The van der Waals surface area contributed by atoms with Gasteiger partial charge in [-0.15, -0.1) is 0 Å². The number of nitrogens with one attached hydrogen (secondary N) is 1. The molecule has 0 saturated carbocycles. The third-order valence-corrected chi connectivity index (χ3v) is 13.9. The van der Waals surface area contributed by atoms with Gasteiger partial charge in [-0.2, -0.15) is 0 Å². The van der Waals surface area contributed by atoms with Crippen LogP contribution in [0.2, 0.25) is 0 Å². The minimum absolute atomic E-state index is 0.00121. The quantitative estimate of drug-likeness (QED) is 0.0321. The number of rotatable bonds is 56. The van der Waals surface area contributed by atoms with Gasteiger partial charge in [-0.05, 0) is 64.2 Å². The van der Waals surface area contributed by atoms with E-state index in [4.69, 9.17) is 4.74 Å². The highest BCUT2D eigenvalue weighted by Gasteiger charge is 2.18. The Balaban J connectivity index is 3.43. The molecule has 0 spiro atoms. The van der Waals surface area contributed by atoms with Crippen molar-refractivity contribution in [3.63, 3.8) is 0 Å². The third-order valence-electron chi connectivity index (χ3n) is 13.9. The normalized spacial score (nSPS) is 12.8. The number of hydrogen-bond donors (Lipinski definition) is 3. The molecule has 2 unspecified atom stereocenters. The first-order valence-corrected chi connectivity index (χ1v) is 30.3. The lowest BCUT2D eigenvalue weighted by molar-refractivity contribution is -0.143. The van der Waals surface area contributed by atoms with Crippen molar-refractivity contribution in [1.82, 2.24) is 5.32 Å². The van der Waals surface area contributed by atoms with Gasteiger partial charge in [0.25, 0.3) is 0 Å². The second kappa shape index (κ2) is 57.7. The van der Waals surface area contributed by atoms with E-state index in [0.717, 1.165) is 51.4 Å². The molecule has 3 N–H and O–H groups in total. The Kier molecular flexibility index (Phi) is 56.0. The number of ether oxygens (including phenoxy) is 1. The fourth-order valence-corrected chi connectivity index (χ4v) is 9.25. The summed E-state index contributed by atoms with van der Waals surface area (Å²) in [4.78, 5) is 24.5. The van der Waals surface area contributed by atoms with Crippen molar-refractivity contribution in [2.75, 3.05) is 13.2 Å². The van der Waals surface area contributed by atoms with E-state index in [2.05, 4.69) is 43.5 Å². The van der Waals surface area contributed by atoms with Crippen LogP contribution in [-0.4, -0.2) is 47.4 Å². The van der Waals surface area contributed by atoms with Crippen LogP contribution in [0.1, 0.15) is 322 Å². The number of aliphatic hydroxyl groups excluding tert-OH is 2. The van der Waals surface area contributed by atoms with E-state index in [-0.39, 0.29) is 18.5 Å². The van der Waals surface area contributed by atoms with Gasteiger partial charge >= 0.3 is 5.97 Å². The molecule has 0 heterocycles. The van der Waals surface area contributed by atoms with Crippen LogP contribution in [0, 0.1) is 0 Å². The zero-order valence-corrected chi connectivity index (χ0v) is 45.6. The minimum Gasteiger partial charge on any atom is -0.466 e. The lowest BCUT2D eigenvalue weighted by Gasteiger charge is -2.20. The van der Waals surface area contributed by atoms with Crippen molar-refractivity contribution in [3.05, 3.63) is 36.5 Å². The van der Waals surface area contributed by atoms with Crippen LogP contribution in [0.4, 0.5) is 0 Å². The van der Waals surface area contributed by atoms with Crippen LogP contribution in [-0.2, 0) is 14.3 Å². The molecule has 1 amide bonds. The van der Waals surface area contributed by atoms with Gasteiger partial charge in [-0.3, -0.25) is 9.59 Å². The molecule has 0 aromatic carbocycles. The maximum Gasteiger partial charge on any atom is 0.305 e. The Hall–Kier alpha value is -1.92. The number of carbonyl (C=O) groups excluding carboxylic acids is 2. The molecule has 0 radical (unpaired) electrons. The molecule has 0 saturated heterocycles. The number of unbranched alkanes of at least 4 members (excludes halogenated alkanes) is 41. The molecular formula is C62H117NO5. The summed E-state index contributed by atoms with van der Waals surface area (Å²) in [5.74, 6) is -0.0721. The molecule has 0 bridgehead atoms. The predicted octanol–water partition coefficient (Wildman–Crippen LogP) is 18.8. The molecule has 0 aliphatic carbocycles. The standard InChI is InChI=1S/C62H117NO5/c1-3-5-7-9-11-13-15-17-19-23-28-32-36-40-44-48-52-56-62(67)68-57-53-49-45-41-37-33-29-25-22-21-24-27-31-35-39-43-47-51-55-61(66)63-59(58-64)60(65)54-50-46-42-38-34-30-26-20-18-16-14-12-10-8-6-4-2/h11,13,17,19,50,54,59-60,64-65H,3-10,12,14-16,18,20-49,51-53,55-58H2,1-2H3,(H,63,66)/b13-11-,19-17-,54-50+. The Labute approximate surface area is 424 Å². The first-order valence-electron chi connectivity index (χ1n) is 30.3. The monoisotopic (exact) mass is 956 g/mol. The van der Waals surface area contributed by atoms with E-state index >= 15 is 0 Å². The minimum atomic E-state index is -0.848. The second-order valence-corrected chi connectivity index (χ2v) is 20.7. The Morgan fingerprint density at radius 1 is 0.412 bits per heavy atom. The lowest BCUT2D eigenvalue weighted by atomic mass is 10.0. The molecule has 0 aliphatic heterocycles. The van der Waals surface area contributed by atoms with Crippen LogP contribution in [0.5, 0.6) is 0 Å². The van der Waals surface area contributed by atoms with Gasteiger partial charge in [0.15, 0.2) is 0 Å². The van der Waals surface area contributed by atoms with Crippen LogP contribution in [0.25, 0.3) is 0 Å². The first kappa shape index (κ1) is 66.1. The summed E-state index contributed by atoms with van der Waals surface area (Å²) in [6.45, 7) is 4.88. The van der Waals surface area contributed by atoms with Gasteiger partial charge in [0.05, 0.1) is 25.4 Å². The van der Waals surface area contributed by atoms with Gasteiger partial charge in [-0.1, -0.05) is 281 Å². The van der Waals surface area contributed by atoms with E-state index in [1.165, 1.54) is 244 Å². The van der Waals surface area contributed by atoms with Crippen molar-refractivity contribution in [2.24, 2.45) is 0 Å². The van der Waals surface area contributed by atoms with Crippen LogP contribution < -0.4 is 5.32 Å². The molecule has 0 aromatic heterocycles. The van der Waals surface area contributed by atoms with Crippen molar-refractivity contribution < 1.29 is 24.5 Å². The molecule has 6 heteroatoms. The summed E-state index contributed by atoms with van der Waals surface area (Å²) in [7, 11) is 0. The van der Waals surface area contributed by atoms with Crippen LogP contribution in [0.3, 0.4) is 0 Å². The fourth-order valence-electron chi connectivity index (χ4n) is 9.25. The zero-order valence-electron chi connectivity index (χ0n) is 45.6. The SMILES string of the molecule is CCCCC/C=C\C/C=C\CCCCCCCCCC(=O)OCCCCCCCCCCCCCCCCCCCCC(=O)NC(CO)C(O)/C=C/CCCCCCCCCCCCCCCC. The van der Waals surface area contributed by atoms with E-state index in [1.54, 1.807) is 6.08 Å². The van der Waals surface area contributed by atoms with Gasteiger partial charge in [0.2, 0.25) is 5.91 Å². The average molecular weight is 957 g/mol. The highest BCUT2D eigenvalue weighted by atomic mass is 16.5. The maximum atomic E-state index is 12.5. The predicted molar refractivity (Wildman–Crippen MR) is 296 cm³/mol. The summed E-state index contributed by atoms with van der Waals surface area (Å²) in [6, 6.07) is -0.631. The molecular weight excluding hydrogens is 839 g/mol. The van der Waals surface area contributed by atoms with Crippen LogP contribution >= 0.6 is 0 Å². The molecule has 68 heavy (non-hydrogen) atoms. The fraction of sp³-hybridized carbons (Fsp3) is 0.871. The summed E-state index contributed by atoms with van der Waals surface area (Å²) in [5, 5.41) is 23.1. The topological polar surface area (TPSA) is 95.9 Å². The van der Waals surface area contributed by atoms with Crippen molar-refractivity contribution in [2.45, 2.75) is 334 Å². The zero-order chi connectivity index (χ0) is 49.3. The number of amides is 1. The molecule has 0 aliphatic rings. The van der Waals surface area contributed by atoms with Gasteiger partial charge in [0, 0.05) is 12.8 Å². The Bertz CT molecular complexity index is 1100. The van der Waals surface area contributed by atoms with Crippen molar-refractivity contribution >= 4 is 11.9 Å². The van der Waals surface area contributed by atoms with Crippen molar-refractivity contribution in [1.29, 1.82) is 0 Å². The summed E-state index contributed by atoms with van der Waals surface area (Å²) in [5.41, 5.74) is 0. The summed E-state index contributed by atoms with van der Waals surface area (Å²) < 4.78 is 5.48. The number of carbonyl (C=O) groups is 2. The molecule has 2 atom stereocenters. The summed E-state index contributed by atoms with van der Waals surface area (Å²) in [6.07, 6.45) is 71.7. The largest absolute Gasteiger partial charge is 0.466 e. The van der Waals surface area contributed by atoms with Gasteiger partial charge in [0.1, 0.15) is 0 Å². The van der Waals surface area contributed by atoms with E-state index in [1.807, 2.05) is 6.08 Å². The first-order chi connectivity index (χ1) is 33.5. The molecule has 0 rings (SSSR count). The molecule has 0 fully saturated rings. The smallest absolute Gasteiger partial charge is 0.305 e. The molecule has 400 valence electrons. The average Bonchev–Trinajstić information content (AvgIpc) is 3.34. The second-order valence-electron chi connectivity index (χ2n) is 20.7. The van der Waals surface area contributed by atoms with Crippen LogP contribution in [0.15, 0.2) is 36.5 Å². The van der Waals surface area contributed by atoms with Gasteiger partial charge in [-0.25, -0.2) is 0 Å². The highest BCUT2D eigenvalue weighted by molar-refractivity contribution is 5.76. The number of aliphatic hydroxyl groups is 2. The number of allylic oxidation sites excluding steroid dienone is 5. The third kappa shape index (κ3) is 53.4. The summed E-state index contributed by atoms with van der Waals surface area (Å²) >= 11 is 0. The van der Waals surface area contributed by atoms with E-state index in [0.29, 0.717) is 19.4 Å². The van der Waals surface area contributed by atoms with E-state index < -0.39 is 12.1 Å². The molecule has 0 aromatic rings. The number of esters is 1. The van der Waals surface area contributed by atoms with Gasteiger partial charge < -0.3 is 20.3 Å². The maximum absolute atomic E-state index is 12.5.